The first-order valence-corrected chi connectivity index (χ1v) is 17.3. The summed E-state index contributed by atoms with van der Waals surface area (Å²) in [6.07, 6.45) is 4.36. The molecule has 9 aromatic rings. The lowest BCUT2D eigenvalue weighted by Gasteiger charge is -2.17. The van der Waals surface area contributed by atoms with Crippen LogP contribution in [0.2, 0.25) is 0 Å². The molecule has 0 spiro atoms. The van der Waals surface area contributed by atoms with Gasteiger partial charge in [-0.15, -0.1) is 0 Å². The van der Waals surface area contributed by atoms with Gasteiger partial charge in [-0.1, -0.05) is 146 Å². The van der Waals surface area contributed by atoms with Crippen molar-refractivity contribution in [3.8, 4) is 67.9 Å². The van der Waals surface area contributed by atoms with Crippen molar-refractivity contribution in [3.63, 3.8) is 0 Å². The number of fused-ring (bicyclic) bond motifs is 9. The third-order valence-electron chi connectivity index (χ3n) is 9.58. The van der Waals surface area contributed by atoms with Gasteiger partial charge in [0.2, 0.25) is 0 Å². The van der Waals surface area contributed by atoms with Crippen LogP contribution < -0.4 is 4.74 Å². The van der Waals surface area contributed by atoms with Crippen molar-refractivity contribution in [1.29, 1.82) is 0 Å². The number of rotatable bonds is 3. The Hall–Kier alpha value is -7.11. The zero-order valence-corrected chi connectivity index (χ0v) is 27.9. The van der Waals surface area contributed by atoms with Gasteiger partial charge in [0.15, 0.2) is 17.5 Å². The molecular weight excluding hydrogens is 639 g/mol. The summed E-state index contributed by atoms with van der Waals surface area (Å²) in [6.45, 7) is 0. The van der Waals surface area contributed by atoms with Crippen molar-refractivity contribution in [2.45, 2.75) is 0 Å². The predicted molar refractivity (Wildman–Crippen MR) is 210 cm³/mol. The highest BCUT2D eigenvalue weighted by atomic mass is 16.5. The number of nitrogens with zero attached hydrogens (tertiary/aromatic N) is 3. The number of furan rings is 1. The third kappa shape index (κ3) is 5.24. The van der Waals surface area contributed by atoms with E-state index in [2.05, 4.69) is 84.9 Å². The predicted octanol–water partition coefficient (Wildman–Crippen LogP) is 12.4. The summed E-state index contributed by atoms with van der Waals surface area (Å²) in [5.41, 5.74) is 10.4. The van der Waals surface area contributed by atoms with Gasteiger partial charge in [-0.25, -0.2) is 15.0 Å². The van der Waals surface area contributed by atoms with Crippen molar-refractivity contribution in [2.75, 3.05) is 0 Å². The van der Waals surface area contributed by atoms with Crippen LogP contribution in [-0.2, 0) is 0 Å². The standard InChI is InChI=1S/C47H29N3O2/c1-3-14-32(15-4-1)45-48-46(33-16-5-2-6-17-33)50-47(49-45)34-26-25-31-24-23-30-13-7-8-18-35(30)36-19-9-11-21-41(36)51-44-28-39-37-20-10-12-22-42(37)52-43(39)29-40(44)38(31)27-34/h1-29H/b24-23-. The Labute approximate surface area is 300 Å². The molecule has 0 fully saturated rings. The summed E-state index contributed by atoms with van der Waals surface area (Å²) in [5.74, 6) is 3.30. The average Bonchev–Trinajstić information content (AvgIpc) is 3.57. The van der Waals surface area contributed by atoms with Crippen molar-refractivity contribution in [2.24, 2.45) is 0 Å². The minimum atomic E-state index is 0.580. The topological polar surface area (TPSA) is 61.0 Å². The molecule has 3 heterocycles. The molecule has 0 amide bonds. The van der Waals surface area contributed by atoms with Gasteiger partial charge in [0.25, 0.3) is 0 Å². The van der Waals surface area contributed by atoms with Gasteiger partial charge in [-0.2, -0.15) is 0 Å². The van der Waals surface area contributed by atoms with Crippen molar-refractivity contribution < 1.29 is 9.15 Å². The maximum Gasteiger partial charge on any atom is 0.164 e. The molecule has 10 rings (SSSR count). The van der Waals surface area contributed by atoms with E-state index in [0.717, 1.165) is 83.5 Å². The van der Waals surface area contributed by atoms with Gasteiger partial charge in [0.1, 0.15) is 22.7 Å². The molecule has 1 aliphatic rings. The number of aromatic nitrogens is 3. The zero-order chi connectivity index (χ0) is 34.4. The Morgan fingerprint density at radius 1 is 0.346 bits per heavy atom. The Morgan fingerprint density at radius 2 is 0.942 bits per heavy atom. The molecule has 0 N–H and O–H groups in total. The van der Waals surface area contributed by atoms with Crippen LogP contribution in [0.25, 0.3) is 90.5 Å². The van der Waals surface area contributed by atoms with E-state index in [-0.39, 0.29) is 0 Å². The monoisotopic (exact) mass is 667 g/mol. The Balaban J connectivity index is 1.24. The van der Waals surface area contributed by atoms with Gasteiger partial charge in [-0.3, -0.25) is 0 Å². The first-order valence-electron chi connectivity index (χ1n) is 17.3. The van der Waals surface area contributed by atoms with Crippen LogP contribution in [0.1, 0.15) is 11.1 Å². The molecule has 0 unspecified atom stereocenters. The molecule has 5 heteroatoms. The van der Waals surface area contributed by atoms with Crippen molar-refractivity contribution in [1.82, 2.24) is 15.0 Å². The second-order valence-corrected chi connectivity index (χ2v) is 12.8. The minimum absolute atomic E-state index is 0.580. The van der Waals surface area contributed by atoms with E-state index in [4.69, 9.17) is 24.1 Å². The van der Waals surface area contributed by atoms with Gasteiger partial charge in [-0.05, 0) is 52.6 Å². The lowest BCUT2D eigenvalue weighted by molar-refractivity contribution is 0.487. The summed E-state index contributed by atoms with van der Waals surface area (Å²) in [5, 5.41) is 2.03. The van der Waals surface area contributed by atoms with Crippen molar-refractivity contribution in [3.05, 3.63) is 175 Å². The van der Waals surface area contributed by atoms with Gasteiger partial charge in [0.05, 0.1) is 0 Å². The van der Waals surface area contributed by atoms with Crippen LogP contribution in [0.4, 0.5) is 0 Å². The molecule has 7 aromatic carbocycles. The van der Waals surface area contributed by atoms with E-state index in [0.29, 0.717) is 17.5 Å². The molecule has 0 atom stereocenters. The summed E-state index contributed by atoms with van der Waals surface area (Å²) in [4.78, 5) is 15.0. The SMILES string of the molecule is C1=C\c2ccc(-c3nc(-c4ccccc4)nc(-c4ccccc4)n3)cc2-c2cc3oc4ccccc4c3cc2Oc2ccccc2-c2ccccc2/1. The lowest BCUT2D eigenvalue weighted by Crippen LogP contribution is -2.00. The number of benzene rings is 7. The van der Waals surface area contributed by atoms with E-state index in [9.17, 15) is 0 Å². The Morgan fingerprint density at radius 3 is 1.69 bits per heavy atom. The summed E-state index contributed by atoms with van der Waals surface area (Å²) >= 11 is 0. The molecule has 0 saturated heterocycles. The highest BCUT2D eigenvalue weighted by Crippen LogP contribution is 2.45. The summed E-state index contributed by atoms with van der Waals surface area (Å²) < 4.78 is 13.4. The molecule has 0 bridgehead atoms. The Bertz CT molecular complexity index is 2760. The van der Waals surface area contributed by atoms with Gasteiger partial charge >= 0.3 is 0 Å². The molecule has 0 saturated carbocycles. The molecule has 244 valence electrons. The van der Waals surface area contributed by atoms with Crippen LogP contribution in [0.15, 0.2) is 168 Å². The second kappa shape index (κ2) is 12.3. The third-order valence-corrected chi connectivity index (χ3v) is 9.58. The molecule has 0 radical (unpaired) electrons. The zero-order valence-electron chi connectivity index (χ0n) is 27.9. The van der Waals surface area contributed by atoms with Crippen LogP contribution in [0.5, 0.6) is 11.5 Å². The van der Waals surface area contributed by atoms with Crippen LogP contribution in [-0.4, -0.2) is 15.0 Å². The van der Waals surface area contributed by atoms with Crippen LogP contribution in [0, 0.1) is 0 Å². The number of ether oxygens (including phenoxy) is 1. The first kappa shape index (κ1) is 29.8. The fraction of sp³-hybridized carbons (Fsp3) is 0. The number of hydrogen-bond acceptors (Lipinski definition) is 5. The number of hydrogen-bond donors (Lipinski definition) is 0. The van der Waals surface area contributed by atoms with Crippen LogP contribution in [0.3, 0.4) is 0 Å². The van der Waals surface area contributed by atoms with E-state index in [1.165, 1.54) is 0 Å². The normalized spacial score (nSPS) is 12.5. The highest BCUT2D eigenvalue weighted by Gasteiger charge is 2.21. The summed E-state index contributed by atoms with van der Waals surface area (Å²) in [7, 11) is 0. The van der Waals surface area contributed by atoms with E-state index >= 15 is 0 Å². The smallest absolute Gasteiger partial charge is 0.164 e. The molecule has 52 heavy (non-hydrogen) atoms. The van der Waals surface area contributed by atoms with Gasteiger partial charge < -0.3 is 9.15 Å². The quantitative estimate of drug-likeness (QED) is 0.188. The average molecular weight is 668 g/mol. The van der Waals surface area contributed by atoms with Gasteiger partial charge in [0, 0.05) is 38.6 Å². The fourth-order valence-electron chi connectivity index (χ4n) is 7.02. The molecular formula is C47H29N3O2. The van der Waals surface area contributed by atoms with Crippen molar-refractivity contribution >= 4 is 34.1 Å². The number of para-hydroxylation sites is 2. The van der Waals surface area contributed by atoms with Crippen LogP contribution >= 0.6 is 0 Å². The largest absolute Gasteiger partial charge is 0.456 e. The highest BCUT2D eigenvalue weighted by molar-refractivity contribution is 6.07. The minimum Gasteiger partial charge on any atom is -0.456 e. The Kier molecular flexibility index (Phi) is 7.07. The fourth-order valence-corrected chi connectivity index (χ4v) is 7.02. The second-order valence-electron chi connectivity index (χ2n) is 12.8. The maximum absolute atomic E-state index is 7.00. The lowest BCUT2D eigenvalue weighted by atomic mass is 9.94. The summed E-state index contributed by atoms with van der Waals surface area (Å²) in [6, 6.07) is 55.5. The molecule has 0 aliphatic carbocycles. The van der Waals surface area contributed by atoms with E-state index < -0.39 is 0 Å². The molecule has 1 aliphatic heterocycles. The maximum atomic E-state index is 7.00. The van der Waals surface area contributed by atoms with E-state index in [1.54, 1.807) is 0 Å². The molecule has 5 nitrogen and oxygen atoms in total. The molecule has 2 aromatic heterocycles. The van der Waals surface area contributed by atoms with E-state index in [1.807, 2.05) is 91.0 Å². The first-order chi connectivity index (χ1) is 25.7.